The molecule has 6 rings (SSSR count). The molecule has 6 N–H and O–H groups in total. The average Bonchev–Trinajstić information content (AvgIpc) is 3.57. The number of amides is 3. The van der Waals surface area contributed by atoms with Crippen molar-refractivity contribution in [2.75, 3.05) is 32.0 Å². The number of alkyl halides is 3. The summed E-state index contributed by atoms with van der Waals surface area (Å²) in [4.78, 5) is 48.2. The van der Waals surface area contributed by atoms with E-state index in [1.54, 1.807) is 0 Å². The number of H-pyrrole nitrogens is 1. The largest absolute Gasteiger partial charge is 0.449 e. The van der Waals surface area contributed by atoms with Crippen LogP contribution in [0.5, 0.6) is 0 Å². The highest BCUT2D eigenvalue weighted by atomic mass is 19.4. The van der Waals surface area contributed by atoms with Gasteiger partial charge in [0, 0.05) is 29.6 Å². The summed E-state index contributed by atoms with van der Waals surface area (Å²) >= 11 is 0. The molecule has 13 heteroatoms. The Bertz CT molecular complexity index is 1890. The lowest BCUT2D eigenvalue weighted by molar-refractivity contribution is -0.144. The molecule has 1 aromatic heterocycles. The highest BCUT2D eigenvalue weighted by Crippen LogP contribution is 2.31. The standard InChI is InChI=1S/C39H46F3N7O3/c1-23-19-28(36(51)44-29-15-17-49(2)18-16-29)11-13-31(23)26-7-3-24(4-8-26)20-34(46-35(50)27-9-5-25(22-43)6-10-27)37(52)45-30-12-14-32-33(21-30)48-38(47-32)39(40,41)42/h3-4,7-8,11-14,19,21,25,27,29,34H,5-6,9-10,15-18,20,22,43H2,1-2H3,(H,44,51)(H,45,52)(H,46,50)(H,47,48). The molecule has 0 radical (unpaired) electrons. The first-order valence-corrected chi connectivity index (χ1v) is 17.9. The molecule has 1 atom stereocenters. The number of nitrogens with one attached hydrogen (secondary N) is 4. The number of hydrogen-bond donors (Lipinski definition) is 5. The number of aromatic amines is 1. The number of nitrogens with two attached hydrogens (primary N) is 1. The highest BCUT2D eigenvalue weighted by molar-refractivity contribution is 5.99. The fourth-order valence-electron chi connectivity index (χ4n) is 7.22. The van der Waals surface area contributed by atoms with Crippen LogP contribution in [0.1, 0.15) is 65.8 Å². The van der Waals surface area contributed by atoms with Gasteiger partial charge in [-0.15, -0.1) is 0 Å². The third kappa shape index (κ3) is 8.99. The first kappa shape index (κ1) is 37.0. The van der Waals surface area contributed by atoms with Gasteiger partial charge in [-0.05, 0) is 131 Å². The van der Waals surface area contributed by atoms with Crippen LogP contribution >= 0.6 is 0 Å². The Balaban J connectivity index is 1.16. The number of likely N-dealkylation sites (tertiary alicyclic amines) is 1. The molecule has 2 aliphatic rings. The van der Waals surface area contributed by atoms with E-state index in [0.29, 0.717) is 30.9 Å². The molecule has 52 heavy (non-hydrogen) atoms. The smallest absolute Gasteiger partial charge is 0.349 e. The normalized spacial score (nSPS) is 19.3. The first-order chi connectivity index (χ1) is 24.9. The summed E-state index contributed by atoms with van der Waals surface area (Å²) in [6, 6.07) is 16.9. The van der Waals surface area contributed by atoms with E-state index in [9.17, 15) is 27.6 Å². The van der Waals surface area contributed by atoms with Gasteiger partial charge in [0.1, 0.15) is 6.04 Å². The number of hydrogen-bond acceptors (Lipinski definition) is 6. The van der Waals surface area contributed by atoms with Crippen LogP contribution in [0.25, 0.3) is 22.2 Å². The second kappa shape index (κ2) is 15.9. The number of carbonyl (C=O) groups excluding carboxylic acids is 3. The maximum Gasteiger partial charge on any atom is 0.449 e. The Labute approximate surface area is 301 Å². The van der Waals surface area contributed by atoms with Gasteiger partial charge in [-0.1, -0.05) is 30.3 Å². The number of aryl methyl sites for hydroxylation is 1. The van der Waals surface area contributed by atoms with Gasteiger partial charge in [0.2, 0.25) is 17.6 Å². The fraction of sp³-hybridized carbons (Fsp3) is 0.436. The van der Waals surface area contributed by atoms with Gasteiger partial charge in [0.15, 0.2) is 0 Å². The molecular weight excluding hydrogens is 671 g/mol. The molecule has 3 amide bonds. The lowest BCUT2D eigenvalue weighted by atomic mass is 9.81. The predicted molar refractivity (Wildman–Crippen MR) is 194 cm³/mol. The Hall–Kier alpha value is -4.75. The maximum atomic E-state index is 13.7. The van der Waals surface area contributed by atoms with Crippen molar-refractivity contribution in [3.63, 3.8) is 0 Å². The minimum Gasteiger partial charge on any atom is -0.349 e. The number of fused-ring (bicyclic) bond motifs is 1. The van der Waals surface area contributed by atoms with Crippen molar-refractivity contribution >= 4 is 34.4 Å². The van der Waals surface area contributed by atoms with Crippen molar-refractivity contribution < 1.29 is 27.6 Å². The van der Waals surface area contributed by atoms with E-state index in [0.717, 1.165) is 61.0 Å². The Morgan fingerprint density at radius 3 is 2.33 bits per heavy atom. The molecular formula is C39H46F3N7O3. The van der Waals surface area contributed by atoms with Gasteiger partial charge >= 0.3 is 6.18 Å². The fourth-order valence-corrected chi connectivity index (χ4v) is 7.22. The minimum absolute atomic E-state index is 0.0751. The summed E-state index contributed by atoms with van der Waals surface area (Å²) in [6.45, 7) is 4.48. The molecule has 2 fully saturated rings. The SMILES string of the molecule is Cc1cc(C(=O)NC2CCN(C)CC2)ccc1-c1ccc(CC(NC(=O)C2CCC(CN)CC2)C(=O)Nc2ccc3nc(C(F)(F)F)[nH]c3c2)cc1. The lowest BCUT2D eigenvalue weighted by Crippen LogP contribution is -2.48. The van der Waals surface area contributed by atoms with Crippen LogP contribution in [0.4, 0.5) is 18.9 Å². The van der Waals surface area contributed by atoms with Crippen LogP contribution in [0.3, 0.4) is 0 Å². The number of piperidine rings is 1. The quantitative estimate of drug-likeness (QED) is 0.140. The topological polar surface area (TPSA) is 145 Å². The van der Waals surface area contributed by atoms with Crippen molar-refractivity contribution in [2.24, 2.45) is 17.6 Å². The number of rotatable bonds is 10. The lowest BCUT2D eigenvalue weighted by Gasteiger charge is -2.29. The summed E-state index contributed by atoms with van der Waals surface area (Å²) < 4.78 is 39.6. The van der Waals surface area contributed by atoms with Gasteiger partial charge in [-0.25, -0.2) is 4.98 Å². The van der Waals surface area contributed by atoms with Crippen molar-refractivity contribution in [3.05, 3.63) is 83.2 Å². The van der Waals surface area contributed by atoms with E-state index >= 15 is 0 Å². The van der Waals surface area contributed by atoms with E-state index in [4.69, 9.17) is 5.73 Å². The van der Waals surface area contributed by atoms with E-state index < -0.39 is 23.9 Å². The molecule has 1 saturated heterocycles. The number of nitrogens with zero attached hydrogens (tertiary/aromatic N) is 2. The zero-order valence-electron chi connectivity index (χ0n) is 29.5. The van der Waals surface area contributed by atoms with Gasteiger partial charge in [-0.3, -0.25) is 14.4 Å². The van der Waals surface area contributed by atoms with Gasteiger partial charge in [-0.2, -0.15) is 13.2 Å². The number of imidazole rings is 1. The predicted octanol–water partition coefficient (Wildman–Crippen LogP) is 5.81. The Morgan fingerprint density at radius 1 is 0.962 bits per heavy atom. The number of halogens is 3. The van der Waals surface area contributed by atoms with Crippen LogP contribution in [-0.2, 0) is 22.2 Å². The van der Waals surface area contributed by atoms with E-state index in [2.05, 4.69) is 37.9 Å². The van der Waals surface area contributed by atoms with Crippen LogP contribution < -0.4 is 21.7 Å². The molecule has 1 aliphatic carbocycles. The number of aromatic nitrogens is 2. The Morgan fingerprint density at radius 2 is 1.67 bits per heavy atom. The number of benzene rings is 3. The van der Waals surface area contributed by atoms with Gasteiger partial charge in [0.05, 0.1) is 11.0 Å². The molecule has 1 aliphatic heterocycles. The number of carbonyl (C=O) groups is 3. The minimum atomic E-state index is -4.64. The van der Waals surface area contributed by atoms with Gasteiger partial charge in [0.25, 0.3) is 5.91 Å². The van der Waals surface area contributed by atoms with E-state index in [-0.39, 0.29) is 46.9 Å². The summed E-state index contributed by atoms with van der Waals surface area (Å²) in [5.41, 5.74) is 10.6. The molecule has 276 valence electrons. The van der Waals surface area contributed by atoms with Crippen LogP contribution in [-0.4, -0.2) is 71.4 Å². The average molecular weight is 718 g/mol. The molecule has 0 spiro atoms. The van der Waals surface area contributed by atoms with Crippen molar-refractivity contribution in [2.45, 2.75) is 70.1 Å². The van der Waals surface area contributed by atoms with E-state index in [1.165, 1.54) is 18.2 Å². The molecule has 1 saturated carbocycles. The summed E-state index contributed by atoms with van der Waals surface area (Å²) in [6.07, 6.45) is 0.485. The van der Waals surface area contributed by atoms with Crippen molar-refractivity contribution in [3.8, 4) is 11.1 Å². The van der Waals surface area contributed by atoms with Gasteiger partial charge < -0.3 is 31.6 Å². The molecule has 10 nitrogen and oxygen atoms in total. The molecule has 2 heterocycles. The van der Waals surface area contributed by atoms with Crippen LogP contribution in [0.15, 0.2) is 60.7 Å². The Kier molecular flexibility index (Phi) is 11.3. The van der Waals surface area contributed by atoms with Crippen LogP contribution in [0.2, 0.25) is 0 Å². The zero-order chi connectivity index (χ0) is 37.0. The van der Waals surface area contributed by atoms with Crippen LogP contribution in [0, 0.1) is 18.8 Å². The second-order valence-corrected chi connectivity index (χ2v) is 14.3. The van der Waals surface area contributed by atoms with Crippen molar-refractivity contribution in [1.82, 2.24) is 25.5 Å². The molecule has 0 bridgehead atoms. The maximum absolute atomic E-state index is 13.7. The van der Waals surface area contributed by atoms with E-state index in [1.807, 2.05) is 49.4 Å². The first-order valence-electron chi connectivity index (χ1n) is 17.9. The second-order valence-electron chi connectivity index (χ2n) is 14.3. The zero-order valence-corrected chi connectivity index (χ0v) is 29.5. The summed E-state index contributed by atoms with van der Waals surface area (Å²) in [5.74, 6) is -1.75. The van der Waals surface area contributed by atoms with Crippen molar-refractivity contribution in [1.29, 1.82) is 0 Å². The monoisotopic (exact) mass is 717 g/mol. The summed E-state index contributed by atoms with van der Waals surface area (Å²) in [5, 5.41) is 8.91. The highest BCUT2D eigenvalue weighted by Gasteiger charge is 2.35. The molecule has 3 aromatic carbocycles. The third-order valence-corrected chi connectivity index (χ3v) is 10.4. The molecule has 1 unspecified atom stereocenters. The third-order valence-electron chi connectivity index (χ3n) is 10.4. The molecule has 4 aromatic rings. The number of anilines is 1. The summed E-state index contributed by atoms with van der Waals surface area (Å²) in [7, 11) is 2.09.